The Kier molecular flexibility index (Phi) is 5.70. The van der Waals surface area contributed by atoms with Crippen LogP contribution in [0.15, 0.2) is 30.3 Å². The number of rotatable bonds is 7. The lowest BCUT2D eigenvalue weighted by atomic mass is 10.1. The fourth-order valence-corrected chi connectivity index (χ4v) is 1.64. The molecule has 0 spiro atoms. The van der Waals surface area contributed by atoms with Crippen LogP contribution < -0.4 is 5.32 Å². The summed E-state index contributed by atoms with van der Waals surface area (Å²) in [4.78, 5) is 11.1. The van der Waals surface area contributed by atoms with Gasteiger partial charge >= 0.3 is 5.97 Å². The number of hydrogen-bond donors (Lipinski definition) is 2. The Morgan fingerprint density at radius 2 is 1.94 bits per heavy atom. The lowest BCUT2D eigenvalue weighted by molar-refractivity contribution is -0.139. The van der Waals surface area contributed by atoms with E-state index in [4.69, 9.17) is 5.11 Å². The molecule has 0 radical (unpaired) electrons. The SMILES string of the molecule is CC(C)CCN[C@H](Cc1ccccc1)C(=O)O. The molecular formula is C14H21NO2. The fourth-order valence-electron chi connectivity index (χ4n) is 1.64. The fraction of sp³-hybridized carbons (Fsp3) is 0.500. The van der Waals surface area contributed by atoms with Crippen molar-refractivity contribution in [2.75, 3.05) is 6.54 Å². The maximum atomic E-state index is 11.1. The summed E-state index contributed by atoms with van der Waals surface area (Å²) in [7, 11) is 0. The van der Waals surface area contributed by atoms with Crippen molar-refractivity contribution in [3.63, 3.8) is 0 Å². The van der Waals surface area contributed by atoms with Gasteiger partial charge in [0.2, 0.25) is 0 Å². The molecule has 0 aliphatic rings. The molecule has 3 nitrogen and oxygen atoms in total. The molecule has 0 fully saturated rings. The summed E-state index contributed by atoms with van der Waals surface area (Å²) in [6.07, 6.45) is 1.53. The van der Waals surface area contributed by atoms with E-state index in [2.05, 4.69) is 19.2 Å². The van der Waals surface area contributed by atoms with Crippen LogP contribution in [0.4, 0.5) is 0 Å². The van der Waals surface area contributed by atoms with Crippen LogP contribution in [0, 0.1) is 5.92 Å². The van der Waals surface area contributed by atoms with Crippen LogP contribution in [0.25, 0.3) is 0 Å². The summed E-state index contributed by atoms with van der Waals surface area (Å²) in [6.45, 7) is 5.02. The minimum absolute atomic E-state index is 0.490. The van der Waals surface area contributed by atoms with Gasteiger partial charge in [0.1, 0.15) is 6.04 Å². The lowest BCUT2D eigenvalue weighted by Gasteiger charge is -2.15. The number of nitrogens with one attached hydrogen (secondary N) is 1. The van der Waals surface area contributed by atoms with Crippen LogP contribution in [-0.2, 0) is 11.2 Å². The van der Waals surface area contributed by atoms with E-state index in [0.717, 1.165) is 18.5 Å². The summed E-state index contributed by atoms with van der Waals surface area (Å²) in [5, 5.41) is 12.2. The molecule has 0 bridgehead atoms. The number of hydrogen-bond acceptors (Lipinski definition) is 2. The van der Waals surface area contributed by atoms with Crippen molar-refractivity contribution in [3.05, 3.63) is 35.9 Å². The first-order chi connectivity index (χ1) is 8.09. The maximum absolute atomic E-state index is 11.1. The number of carboxylic acids is 1. The second-order valence-corrected chi connectivity index (χ2v) is 4.72. The average Bonchev–Trinajstić information content (AvgIpc) is 2.28. The zero-order valence-corrected chi connectivity index (χ0v) is 10.5. The van der Waals surface area contributed by atoms with Crippen molar-refractivity contribution in [1.29, 1.82) is 0 Å². The molecule has 1 atom stereocenters. The van der Waals surface area contributed by atoms with Gasteiger partial charge in [0, 0.05) is 0 Å². The molecule has 0 aliphatic carbocycles. The Hall–Kier alpha value is -1.35. The van der Waals surface area contributed by atoms with Crippen LogP contribution in [0.5, 0.6) is 0 Å². The molecule has 0 unspecified atom stereocenters. The maximum Gasteiger partial charge on any atom is 0.321 e. The Morgan fingerprint density at radius 1 is 1.29 bits per heavy atom. The topological polar surface area (TPSA) is 49.3 Å². The van der Waals surface area contributed by atoms with Crippen LogP contribution >= 0.6 is 0 Å². The van der Waals surface area contributed by atoms with Crippen molar-refractivity contribution < 1.29 is 9.90 Å². The summed E-state index contributed by atoms with van der Waals surface area (Å²) in [5.41, 5.74) is 1.05. The Labute approximate surface area is 103 Å². The van der Waals surface area contributed by atoms with E-state index in [9.17, 15) is 4.79 Å². The van der Waals surface area contributed by atoms with Crippen molar-refractivity contribution in [3.8, 4) is 0 Å². The lowest BCUT2D eigenvalue weighted by Crippen LogP contribution is -2.39. The highest BCUT2D eigenvalue weighted by molar-refractivity contribution is 5.73. The molecule has 3 heteroatoms. The van der Waals surface area contributed by atoms with Crippen molar-refractivity contribution in [2.24, 2.45) is 5.92 Å². The minimum atomic E-state index is -0.780. The largest absolute Gasteiger partial charge is 0.480 e. The summed E-state index contributed by atoms with van der Waals surface area (Å²) < 4.78 is 0. The monoisotopic (exact) mass is 235 g/mol. The normalized spacial score (nSPS) is 12.6. The average molecular weight is 235 g/mol. The minimum Gasteiger partial charge on any atom is -0.480 e. The molecule has 1 rings (SSSR count). The van der Waals surface area contributed by atoms with Gasteiger partial charge in [0.05, 0.1) is 0 Å². The quantitative estimate of drug-likeness (QED) is 0.762. The number of aliphatic carboxylic acids is 1. The third-order valence-corrected chi connectivity index (χ3v) is 2.69. The highest BCUT2D eigenvalue weighted by Crippen LogP contribution is 2.04. The molecule has 94 valence electrons. The van der Waals surface area contributed by atoms with Crippen molar-refractivity contribution in [1.82, 2.24) is 5.32 Å². The van der Waals surface area contributed by atoms with Gasteiger partial charge in [0.25, 0.3) is 0 Å². The molecule has 1 aromatic rings. The molecule has 0 saturated carbocycles. The van der Waals surface area contributed by atoms with E-state index in [-0.39, 0.29) is 0 Å². The van der Waals surface area contributed by atoms with E-state index < -0.39 is 12.0 Å². The standard InChI is InChI=1S/C14H21NO2/c1-11(2)8-9-15-13(14(16)17)10-12-6-4-3-5-7-12/h3-7,11,13,15H,8-10H2,1-2H3,(H,16,17)/t13-/m1/s1. The second-order valence-electron chi connectivity index (χ2n) is 4.72. The molecule has 2 N–H and O–H groups in total. The number of benzene rings is 1. The molecular weight excluding hydrogens is 214 g/mol. The highest BCUT2D eigenvalue weighted by Gasteiger charge is 2.16. The van der Waals surface area contributed by atoms with Crippen LogP contribution in [0.1, 0.15) is 25.8 Å². The van der Waals surface area contributed by atoms with E-state index in [1.807, 2.05) is 30.3 Å². The van der Waals surface area contributed by atoms with Gasteiger partial charge in [-0.05, 0) is 30.9 Å². The third kappa shape index (κ3) is 5.50. The first kappa shape index (κ1) is 13.7. The first-order valence-corrected chi connectivity index (χ1v) is 6.09. The van der Waals surface area contributed by atoms with Gasteiger partial charge in [-0.2, -0.15) is 0 Å². The smallest absolute Gasteiger partial charge is 0.321 e. The molecule has 17 heavy (non-hydrogen) atoms. The molecule has 0 amide bonds. The van der Waals surface area contributed by atoms with E-state index in [0.29, 0.717) is 12.3 Å². The van der Waals surface area contributed by atoms with Gasteiger partial charge in [-0.3, -0.25) is 4.79 Å². The predicted octanol–water partition coefficient (Wildman–Crippen LogP) is 2.32. The van der Waals surface area contributed by atoms with E-state index in [1.54, 1.807) is 0 Å². The van der Waals surface area contributed by atoms with Crippen molar-refractivity contribution in [2.45, 2.75) is 32.7 Å². The van der Waals surface area contributed by atoms with Crippen LogP contribution in [0.3, 0.4) is 0 Å². The summed E-state index contributed by atoms with van der Waals surface area (Å²) >= 11 is 0. The zero-order valence-electron chi connectivity index (χ0n) is 10.5. The van der Waals surface area contributed by atoms with Crippen LogP contribution in [-0.4, -0.2) is 23.7 Å². The van der Waals surface area contributed by atoms with Gasteiger partial charge in [0.15, 0.2) is 0 Å². The highest BCUT2D eigenvalue weighted by atomic mass is 16.4. The third-order valence-electron chi connectivity index (χ3n) is 2.69. The van der Waals surface area contributed by atoms with Crippen molar-refractivity contribution >= 4 is 5.97 Å². The van der Waals surface area contributed by atoms with Gasteiger partial charge < -0.3 is 10.4 Å². The Balaban J connectivity index is 2.47. The zero-order chi connectivity index (χ0) is 12.7. The van der Waals surface area contributed by atoms with Crippen LogP contribution in [0.2, 0.25) is 0 Å². The summed E-state index contributed by atoms with van der Waals surface area (Å²) in [5.74, 6) is -0.189. The van der Waals surface area contributed by atoms with Gasteiger partial charge in [-0.15, -0.1) is 0 Å². The summed E-state index contributed by atoms with van der Waals surface area (Å²) in [6, 6.07) is 9.23. The van der Waals surface area contributed by atoms with E-state index >= 15 is 0 Å². The van der Waals surface area contributed by atoms with Gasteiger partial charge in [-0.25, -0.2) is 0 Å². The second kappa shape index (κ2) is 7.07. The molecule has 0 saturated heterocycles. The molecule has 0 aliphatic heterocycles. The number of carbonyl (C=O) groups is 1. The van der Waals surface area contributed by atoms with Gasteiger partial charge in [-0.1, -0.05) is 44.2 Å². The predicted molar refractivity (Wildman–Crippen MR) is 69.0 cm³/mol. The molecule has 1 aromatic carbocycles. The molecule has 0 heterocycles. The molecule has 0 aromatic heterocycles. The first-order valence-electron chi connectivity index (χ1n) is 6.09. The Morgan fingerprint density at radius 3 is 2.47 bits per heavy atom. The van der Waals surface area contributed by atoms with E-state index in [1.165, 1.54) is 0 Å². The number of carboxylic acid groups (broad SMARTS) is 1. The Bertz CT molecular complexity index is 335.